The third-order valence-electron chi connectivity index (χ3n) is 5.28. The van der Waals surface area contributed by atoms with Gasteiger partial charge >= 0.3 is 0 Å². The number of aliphatic hydroxyl groups is 1. The molecule has 0 bridgehead atoms. The zero-order valence-corrected chi connectivity index (χ0v) is 18.7. The largest absolute Gasteiger partial charge is 0.489 e. The molecule has 0 radical (unpaired) electrons. The molecule has 1 saturated heterocycles. The minimum Gasteiger partial charge on any atom is -0.489 e. The second-order valence-electron chi connectivity index (χ2n) is 7.89. The molecule has 34 heavy (non-hydrogen) atoms. The summed E-state index contributed by atoms with van der Waals surface area (Å²) in [6.45, 7) is 2.73. The summed E-state index contributed by atoms with van der Waals surface area (Å²) in [5, 5.41) is 24.8. The molecule has 1 aliphatic rings. The maximum Gasteiger partial charge on any atom is 0.252 e. The van der Waals surface area contributed by atoms with Crippen LogP contribution < -0.4 is 15.4 Å². The number of rotatable bonds is 7. The molecule has 0 aliphatic carbocycles. The summed E-state index contributed by atoms with van der Waals surface area (Å²) in [5.74, 6) is 0.423. The highest BCUT2D eigenvalue weighted by Gasteiger charge is 2.17. The van der Waals surface area contributed by atoms with Gasteiger partial charge in [0.25, 0.3) is 5.91 Å². The normalized spacial score (nSPS) is 14.6. The maximum absolute atomic E-state index is 11.7. The Bertz CT molecular complexity index is 1200. The quantitative estimate of drug-likeness (QED) is 0.488. The number of ether oxygens (including phenoxy) is 2. The molecule has 174 valence electrons. The van der Waals surface area contributed by atoms with Crippen molar-refractivity contribution in [2.45, 2.75) is 32.0 Å². The van der Waals surface area contributed by atoms with Crippen molar-refractivity contribution in [3.63, 3.8) is 0 Å². The van der Waals surface area contributed by atoms with Gasteiger partial charge in [0.05, 0.1) is 24.5 Å². The molecule has 1 amide bonds. The molecule has 4 rings (SSSR count). The molecule has 9 heteroatoms. The highest BCUT2D eigenvalue weighted by Crippen LogP contribution is 2.28. The van der Waals surface area contributed by atoms with E-state index < -0.39 is 12.0 Å². The van der Waals surface area contributed by atoms with Gasteiger partial charge in [-0.25, -0.2) is 9.97 Å². The number of benzene rings is 2. The van der Waals surface area contributed by atoms with E-state index in [1.165, 1.54) is 6.92 Å². The summed E-state index contributed by atoms with van der Waals surface area (Å²) in [6.07, 6.45) is 2.17. The fraction of sp³-hybridized carbons (Fsp3) is 0.280. The van der Waals surface area contributed by atoms with E-state index in [4.69, 9.17) is 9.47 Å². The van der Waals surface area contributed by atoms with Gasteiger partial charge in [0.1, 0.15) is 24.0 Å². The Morgan fingerprint density at radius 3 is 2.76 bits per heavy atom. The Morgan fingerprint density at radius 2 is 2.00 bits per heavy atom. The Kier molecular flexibility index (Phi) is 7.32. The number of carbonyl (C=O) groups is 1. The average molecular weight is 460 g/mol. The van der Waals surface area contributed by atoms with Crippen LogP contribution in [0.1, 0.15) is 25.3 Å². The minimum atomic E-state index is -1.11. The molecular formula is C25H25N5O4. The number of anilines is 3. The van der Waals surface area contributed by atoms with E-state index in [-0.39, 0.29) is 6.10 Å². The molecular weight excluding hydrogens is 434 g/mol. The topological polar surface area (TPSA) is 129 Å². The standard InChI is InChI=1S/C25H25N5O4/c1-16(31)24(32)28-19-3-2-4-20(14-19)29-25-27-10-7-22(30-25)17-5-6-23(18(13-17)15-26)34-21-8-11-33-12-9-21/h2-7,10,13-14,16,21,31H,8-9,11-12H2,1H3,(H,28,32)(H,27,29,30)/t16-/m1/s1. The molecule has 3 N–H and O–H groups in total. The maximum atomic E-state index is 11.7. The second kappa shape index (κ2) is 10.7. The fourth-order valence-electron chi connectivity index (χ4n) is 3.48. The van der Waals surface area contributed by atoms with Gasteiger partial charge in [-0.05, 0) is 49.4 Å². The summed E-state index contributed by atoms with van der Waals surface area (Å²) in [7, 11) is 0. The first-order valence-electron chi connectivity index (χ1n) is 11.0. The van der Waals surface area contributed by atoms with Crippen molar-refractivity contribution in [3.05, 3.63) is 60.3 Å². The number of hydrogen-bond acceptors (Lipinski definition) is 8. The predicted octanol–water partition coefficient (Wildman–Crippen LogP) is 3.64. The third kappa shape index (κ3) is 5.86. The Balaban J connectivity index is 1.50. The lowest BCUT2D eigenvalue weighted by Crippen LogP contribution is -2.26. The number of amides is 1. The minimum absolute atomic E-state index is 0.0442. The van der Waals surface area contributed by atoms with Crippen molar-refractivity contribution in [3.8, 4) is 23.1 Å². The van der Waals surface area contributed by atoms with E-state index in [1.54, 1.807) is 42.6 Å². The number of nitrogens with zero attached hydrogens (tertiary/aromatic N) is 3. The molecule has 1 fully saturated rings. The molecule has 0 unspecified atom stereocenters. The first-order valence-corrected chi connectivity index (χ1v) is 11.0. The van der Waals surface area contributed by atoms with Crippen LogP contribution in [0.2, 0.25) is 0 Å². The van der Waals surface area contributed by atoms with E-state index in [2.05, 4.69) is 26.7 Å². The molecule has 0 spiro atoms. The van der Waals surface area contributed by atoms with Gasteiger partial charge in [-0.1, -0.05) is 6.07 Å². The number of nitriles is 1. The van der Waals surface area contributed by atoms with Crippen molar-refractivity contribution in [2.24, 2.45) is 0 Å². The molecule has 2 heterocycles. The van der Waals surface area contributed by atoms with Crippen molar-refractivity contribution < 1.29 is 19.4 Å². The smallest absolute Gasteiger partial charge is 0.252 e. The summed E-state index contributed by atoms with van der Waals surface area (Å²) < 4.78 is 11.4. The monoisotopic (exact) mass is 459 g/mol. The van der Waals surface area contributed by atoms with Gasteiger partial charge in [0.15, 0.2) is 0 Å². The van der Waals surface area contributed by atoms with E-state index in [9.17, 15) is 15.2 Å². The van der Waals surface area contributed by atoms with Gasteiger partial charge in [0.2, 0.25) is 5.95 Å². The number of aromatic nitrogens is 2. The predicted molar refractivity (Wildman–Crippen MR) is 127 cm³/mol. The zero-order valence-electron chi connectivity index (χ0n) is 18.7. The lowest BCUT2D eigenvalue weighted by Gasteiger charge is -2.23. The Labute approximate surface area is 197 Å². The highest BCUT2D eigenvalue weighted by molar-refractivity contribution is 5.94. The molecule has 1 atom stereocenters. The van der Waals surface area contributed by atoms with Crippen LogP contribution in [0, 0.1) is 11.3 Å². The molecule has 1 aliphatic heterocycles. The van der Waals surface area contributed by atoms with E-state index in [0.717, 1.165) is 18.4 Å². The van der Waals surface area contributed by atoms with Crippen LogP contribution in [0.5, 0.6) is 5.75 Å². The van der Waals surface area contributed by atoms with E-state index in [1.807, 2.05) is 12.1 Å². The van der Waals surface area contributed by atoms with Gasteiger partial charge in [-0.3, -0.25) is 4.79 Å². The number of aliphatic hydroxyl groups excluding tert-OH is 1. The van der Waals surface area contributed by atoms with Crippen molar-refractivity contribution in [1.29, 1.82) is 5.26 Å². The Morgan fingerprint density at radius 1 is 1.21 bits per heavy atom. The van der Waals surface area contributed by atoms with Gasteiger partial charge in [0, 0.05) is 36.0 Å². The van der Waals surface area contributed by atoms with Crippen LogP contribution >= 0.6 is 0 Å². The SMILES string of the molecule is C[C@@H](O)C(=O)Nc1cccc(Nc2nccc(-c3ccc(OC4CCOCC4)c(C#N)c3)n2)c1. The Hall–Kier alpha value is -4.00. The lowest BCUT2D eigenvalue weighted by molar-refractivity contribution is -0.123. The van der Waals surface area contributed by atoms with Crippen LogP contribution in [0.15, 0.2) is 54.7 Å². The molecule has 0 saturated carbocycles. The number of hydrogen-bond donors (Lipinski definition) is 3. The number of nitrogens with one attached hydrogen (secondary N) is 2. The fourth-order valence-corrected chi connectivity index (χ4v) is 3.48. The average Bonchev–Trinajstić information content (AvgIpc) is 2.85. The summed E-state index contributed by atoms with van der Waals surface area (Å²) in [6, 6.07) is 16.4. The summed E-state index contributed by atoms with van der Waals surface area (Å²) in [4.78, 5) is 20.6. The lowest BCUT2D eigenvalue weighted by atomic mass is 10.1. The molecule has 1 aromatic heterocycles. The van der Waals surface area contributed by atoms with Crippen LogP contribution in [0.3, 0.4) is 0 Å². The van der Waals surface area contributed by atoms with Crippen LogP contribution in [0.25, 0.3) is 11.3 Å². The molecule has 3 aromatic rings. The van der Waals surface area contributed by atoms with Crippen molar-refractivity contribution in [2.75, 3.05) is 23.8 Å². The summed E-state index contributed by atoms with van der Waals surface area (Å²) in [5.41, 5.74) is 3.05. The van der Waals surface area contributed by atoms with Crippen molar-refractivity contribution in [1.82, 2.24) is 9.97 Å². The zero-order chi connectivity index (χ0) is 23.9. The first kappa shape index (κ1) is 23.2. The summed E-state index contributed by atoms with van der Waals surface area (Å²) >= 11 is 0. The molecule has 2 aromatic carbocycles. The van der Waals surface area contributed by atoms with Crippen LogP contribution in [0.4, 0.5) is 17.3 Å². The highest BCUT2D eigenvalue weighted by atomic mass is 16.5. The molecule has 9 nitrogen and oxygen atoms in total. The van der Waals surface area contributed by atoms with E-state index >= 15 is 0 Å². The van der Waals surface area contributed by atoms with Gasteiger partial charge in [-0.15, -0.1) is 0 Å². The van der Waals surface area contributed by atoms with E-state index in [0.29, 0.717) is 47.5 Å². The van der Waals surface area contributed by atoms with Gasteiger partial charge in [-0.2, -0.15) is 5.26 Å². The van der Waals surface area contributed by atoms with Crippen LogP contribution in [-0.2, 0) is 9.53 Å². The third-order valence-corrected chi connectivity index (χ3v) is 5.28. The number of carbonyl (C=O) groups excluding carboxylic acids is 1. The van der Waals surface area contributed by atoms with Crippen LogP contribution in [-0.4, -0.2) is 46.4 Å². The second-order valence-corrected chi connectivity index (χ2v) is 7.89. The first-order chi connectivity index (χ1) is 16.5. The van der Waals surface area contributed by atoms with Crippen molar-refractivity contribution >= 4 is 23.2 Å². The van der Waals surface area contributed by atoms with Gasteiger partial charge < -0.3 is 25.2 Å².